The summed E-state index contributed by atoms with van der Waals surface area (Å²) in [6, 6.07) is 0. The molecule has 192 valence electrons. The number of methoxy groups -OCH3 is 1. The second-order valence-corrected chi connectivity index (χ2v) is 17.2. The zero-order valence-electron chi connectivity index (χ0n) is 22.5. The quantitative estimate of drug-likeness (QED) is 0.385. The molecule has 2 heterocycles. The Morgan fingerprint density at radius 1 is 1.12 bits per heavy atom. The molecule has 1 N–H and O–H groups in total. The molecule has 3 rings (SSSR count). The van der Waals surface area contributed by atoms with Gasteiger partial charge in [0.15, 0.2) is 20.4 Å². The van der Waals surface area contributed by atoms with Crippen LogP contribution in [0.25, 0.3) is 0 Å². The van der Waals surface area contributed by atoms with Crippen molar-refractivity contribution >= 4 is 8.32 Å². The van der Waals surface area contributed by atoms with Crippen molar-refractivity contribution in [2.24, 2.45) is 11.8 Å². The average Bonchev–Trinajstić information content (AvgIpc) is 3.20. The normalized spacial score (nSPS) is 37.1. The first kappa shape index (κ1) is 27.3. The van der Waals surface area contributed by atoms with Gasteiger partial charge in [0.2, 0.25) is 0 Å². The Bertz CT molecular complexity index is 683. The van der Waals surface area contributed by atoms with Gasteiger partial charge in [0.25, 0.3) is 0 Å². The van der Waals surface area contributed by atoms with Crippen LogP contribution in [0.15, 0.2) is 11.6 Å². The third-order valence-electron chi connectivity index (χ3n) is 8.29. The zero-order valence-corrected chi connectivity index (χ0v) is 23.5. The van der Waals surface area contributed by atoms with E-state index in [2.05, 4.69) is 46.9 Å². The van der Waals surface area contributed by atoms with Gasteiger partial charge in [-0.25, -0.2) is 0 Å². The van der Waals surface area contributed by atoms with Gasteiger partial charge in [-0.15, -0.1) is 0 Å². The Kier molecular flexibility index (Phi) is 8.27. The maximum Gasteiger partial charge on any atom is 0.192 e. The lowest BCUT2D eigenvalue weighted by Crippen LogP contribution is -2.49. The standard InChI is InChI=1S/C26H48O6Si/c1-16(23(27)17(2)20-15-22-24(29-20)31-26(6,7)30-22)13-18-11-12-19(21(14-18)28-8)32-33(9,10)25(3,4)5/h13,17-24,27H,11-12,14-15H2,1-10H3/b16-13+/t17-,18+,19-,20+,21-,22-,23-,24-/m1/s1. The average molecular weight is 485 g/mol. The maximum absolute atomic E-state index is 11.1. The van der Waals surface area contributed by atoms with Crippen molar-refractivity contribution in [1.82, 2.24) is 0 Å². The van der Waals surface area contributed by atoms with E-state index in [9.17, 15) is 5.11 Å². The summed E-state index contributed by atoms with van der Waals surface area (Å²) in [7, 11) is -0.0471. The van der Waals surface area contributed by atoms with Crippen LogP contribution in [0.2, 0.25) is 18.1 Å². The largest absolute Gasteiger partial charge is 0.411 e. The van der Waals surface area contributed by atoms with Gasteiger partial charge in [-0.2, -0.15) is 0 Å². The van der Waals surface area contributed by atoms with Gasteiger partial charge < -0.3 is 28.5 Å². The first-order chi connectivity index (χ1) is 15.1. The molecule has 0 amide bonds. The first-order valence-corrected chi connectivity index (χ1v) is 15.6. The Morgan fingerprint density at radius 3 is 2.36 bits per heavy atom. The van der Waals surface area contributed by atoms with Crippen LogP contribution in [0.3, 0.4) is 0 Å². The molecule has 2 aliphatic heterocycles. The van der Waals surface area contributed by atoms with E-state index < -0.39 is 20.2 Å². The van der Waals surface area contributed by atoms with E-state index in [1.165, 1.54) is 0 Å². The minimum absolute atomic E-state index is 0.0290. The summed E-state index contributed by atoms with van der Waals surface area (Å²) in [4.78, 5) is 0. The predicted molar refractivity (Wildman–Crippen MR) is 132 cm³/mol. The molecule has 0 unspecified atom stereocenters. The summed E-state index contributed by atoms with van der Waals surface area (Å²) in [5.74, 6) is -0.241. The molecule has 2 saturated heterocycles. The minimum atomic E-state index is -1.84. The van der Waals surface area contributed by atoms with Gasteiger partial charge in [0.1, 0.15) is 6.10 Å². The topological polar surface area (TPSA) is 66.4 Å². The molecular weight excluding hydrogens is 436 g/mol. The summed E-state index contributed by atoms with van der Waals surface area (Å²) in [5, 5.41) is 11.3. The fourth-order valence-corrected chi connectivity index (χ4v) is 6.56. The highest BCUT2D eigenvalue weighted by Crippen LogP contribution is 2.42. The van der Waals surface area contributed by atoms with Crippen molar-refractivity contribution in [2.75, 3.05) is 7.11 Å². The van der Waals surface area contributed by atoms with Crippen LogP contribution in [0.1, 0.15) is 74.1 Å². The monoisotopic (exact) mass is 484 g/mol. The molecule has 6 nitrogen and oxygen atoms in total. The van der Waals surface area contributed by atoms with E-state index in [4.69, 9.17) is 23.4 Å². The Balaban J connectivity index is 1.56. The SMILES string of the molecule is CO[C@@H]1C[C@H](/C=C(\C)[C@@H](O)[C@H](C)[C@@H]2C[C@H]3OC(C)(C)O[C@H]3O2)CC[C@H]1O[Si](C)(C)C(C)(C)C. The van der Waals surface area contributed by atoms with Crippen molar-refractivity contribution in [3.8, 4) is 0 Å². The summed E-state index contributed by atoms with van der Waals surface area (Å²) in [5.41, 5.74) is 1.01. The number of allylic oxidation sites excluding steroid dienone is 1. The second kappa shape index (κ2) is 10.00. The van der Waals surface area contributed by atoms with Crippen LogP contribution < -0.4 is 0 Å². The van der Waals surface area contributed by atoms with Crippen LogP contribution in [-0.2, 0) is 23.4 Å². The Labute approximate surface area is 202 Å². The van der Waals surface area contributed by atoms with E-state index in [1.54, 1.807) is 7.11 Å². The molecule has 0 aromatic carbocycles. The van der Waals surface area contributed by atoms with Crippen LogP contribution in [-0.4, -0.2) is 63.1 Å². The molecule has 3 fully saturated rings. The molecule has 8 atom stereocenters. The molecular formula is C26H48O6Si. The summed E-state index contributed by atoms with van der Waals surface area (Å²) >= 11 is 0. The maximum atomic E-state index is 11.1. The fraction of sp³-hybridized carbons (Fsp3) is 0.923. The summed E-state index contributed by atoms with van der Waals surface area (Å²) in [6.07, 6.45) is 5.21. The molecule has 1 aliphatic carbocycles. The number of fused-ring (bicyclic) bond motifs is 1. The van der Waals surface area contributed by atoms with Gasteiger partial charge in [0.05, 0.1) is 24.4 Å². The highest BCUT2D eigenvalue weighted by molar-refractivity contribution is 6.74. The third-order valence-corrected chi connectivity index (χ3v) is 12.8. The summed E-state index contributed by atoms with van der Waals surface area (Å²) in [6.45, 7) is 19.4. The number of hydrogen-bond donors (Lipinski definition) is 1. The molecule has 0 spiro atoms. The molecule has 1 saturated carbocycles. The van der Waals surface area contributed by atoms with Crippen molar-refractivity contribution in [1.29, 1.82) is 0 Å². The molecule has 3 aliphatic rings. The van der Waals surface area contributed by atoms with Crippen LogP contribution in [0.5, 0.6) is 0 Å². The van der Waals surface area contributed by atoms with E-state index in [1.807, 2.05) is 20.8 Å². The van der Waals surface area contributed by atoms with Crippen molar-refractivity contribution in [2.45, 2.75) is 135 Å². The number of hydrogen-bond acceptors (Lipinski definition) is 6. The lowest BCUT2D eigenvalue weighted by molar-refractivity contribution is -0.211. The number of rotatable bonds is 7. The fourth-order valence-electron chi connectivity index (χ4n) is 5.18. The van der Waals surface area contributed by atoms with E-state index in [0.717, 1.165) is 31.3 Å². The number of ether oxygens (including phenoxy) is 4. The van der Waals surface area contributed by atoms with Crippen molar-refractivity contribution in [3.63, 3.8) is 0 Å². The number of aliphatic hydroxyl groups excluding tert-OH is 1. The van der Waals surface area contributed by atoms with Crippen LogP contribution in [0, 0.1) is 11.8 Å². The molecule has 0 radical (unpaired) electrons. The second-order valence-electron chi connectivity index (χ2n) is 12.4. The predicted octanol–water partition coefficient (Wildman–Crippen LogP) is 5.40. The van der Waals surface area contributed by atoms with Gasteiger partial charge >= 0.3 is 0 Å². The van der Waals surface area contributed by atoms with E-state index in [0.29, 0.717) is 5.92 Å². The van der Waals surface area contributed by atoms with Gasteiger partial charge in [-0.3, -0.25) is 0 Å². The smallest absolute Gasteiger partial charge is 0.192 e. The molecule has 33 heavy (non-hydrogen) atoms. The van der Waals surface area contributed by atoms with Crippen LogP contribution in [0.4, 0.5) is 0 Å². The summed E-state index contributed by atoms with van der Waals surface area (Å²) < 4.78 is 30.5. The van der Waals surface area contributed by atoms with Crippen molar-refractivity contribution in [3.05, 3.63) is 11.6 Å². The third kappa shape index (κ3) is 6.29. The highest BCUT2D eigenvalue weighted by atomic mass is 28.4. The zero-order chi connectivity index (χ0) is 24.8. The Morgan fingerprint density at radius 2 is 1.79 bits per heavy atom. The van der Waals surface area contributed by atoms with E-state index >= 15 is 0 Å². The van der Waals surface area contributed by atoms with E-state index in [-0.39, 0.29) is 41.7 Å². The first-order valence-electron chi connectivity index (χ1n) is 12.7. The molecule has 7 heteroatoms. The van der Waals surface area contributed by atoms with Crippen molar-refractivity contribution < 1.29 is 28.5 Å². The number of aliphatic hydroxyl groups is 1. The lowest BCUT2D eigenvalue weighted by Gasteiger charge is -2.43. The molecule has 0 aromatic rings. The van der Waals surface area contributed by atoms with Gasteiger partial charge in [-0.1, -0.05) is 33.8 Å². The van der Waals surface area contributed by atoms with Crippen LogP contribution >= 0.6 is 0 Å². The molecule has 0 aromatic heterocycles. The highest BCUT2D eigenvalue weighted by Gasteiger charge is 2.50. The minimum Gasteiger partial charge on any atom is -0.411 e. The lowest BCUT2D eigenvalue weighted by atomic mass is 9.82. The van der Waals surface area contributed by atoms with Gasteiger partial charge in [0, 0.05) is 19.4 Å². The Hall–Kier alpha value is -0.283. The van der Waals surface area contributed by atoms with Gasteiger partial charge in [-0.05, 0) is 69.7 Å². The molecule has 0 bridgehead atoms.